The van der Waals surface area contributed by atoms with Crippen LogP contribution in [0.4, 0.5) is 0 Å². The lowest BCUT2D eigenvalue weighted by Gasteiger charge is -2.10. The number of carboxylic acids is 1. The number of carboxylic acid groups (broad SMARTS) is 1. The molecule has 104 valence electrons. The third kappa shape index (κ3) is 5.09. The lowest BCUT2D eigenvalue weighted by atomic mass is 10.0. The average Bonchev–Trinajstić information content (AvgIpc) is 2.38. The van der Waals surface area contributed by atoms with Gasteiger partial charge in [0.1, 0.15) is 0 Å². The van der Waals surface area contributed by atoms with Gasteiger partial charge in [-0.25, -0.2) is 4.79 Å². The highest BCUT2D eigenvalue weighted by atomic mass is 16.4. The van der Waals surface area contributed by atoms with Crippen LogP contribution in [0.15, 0.2) is 24.3 Å². The minimum atomic E-state index is -0.949. The number of hydrogen-bond acceptors (Lipinski definition) is 3. The summed E-state index contributed by atoms with van der Waals surface area (Å²) in [5.41, 5.74) is 6.68. The van der Waals surface area contributed by atoms with E-state index in [1.165, 1.54) is 0 Å². The van der Waals surface area contributed by atoms with Gasteiger partial charge in [0, 0.05) is 19.0 Å². The average molecular weight is 264 g/mol. The zero-order valence-electron chi connectivity index (χ0n) is 11.1. The highest BCUT2D eigenvalue weighted by Crippen LogP contribution is 2.09. The Morgan fingerprint density at radius 3 is 2.68 bits per heavy atom. The van der Waals surface area contributed by atoms with E-state index in [2.05, 4.69) is 5.32 Å². The van der Waals surface area contributed by atoms with Crippen LogP contribution in [0, 0.1) is 0 Å². The second kappa shape index (κ2) is 7.53. The molecule has 0 bridgehead atoms. The molecule has 0 fully saturated rings. The van der Waals surface area contributed by atoms with Crippen LogP contribution in [0.25, 0.3) is 0 Å². The van der Waals surface area contributed by atoms with E-state index in [1.54, 1.807) is 24.3 Å². The van der Waals surface area contributed by atoms with E-state index in [1.807, 2.05) is 6.92 Å². The fourth-order valence-corrected chi connectivity index (χ4v) is 1.74. The molecule has 19 heavy (non-hydrogen) atoms. The molecule has 1 rings (SSSR count). The van der Waals surface area contributed by atoms with Crippen LogP contribution < -0.4 is 11.1 Å². The number of carbonyl (C=O) groups is 2. The topological polar surface area (TPSA) is 92.4 Å². The molecular weight excluding hydrogens is 244 g/mol. The molecule has 0 radical (unpaired) electrons. The molecule has 0 aliphatic heterocycles. The van der Waals surface area contributed by atoms with Crippen molar-refractivity contribution >= 4 is 11.9 Å². The van der Waals surface area contributed by atoms with Crippen LogP contribution in [-0.2, 0) is 11.2 Å². The number of nitrogens with two attached hydrogens (primary N) is 1. The maximum atomic E-state index is 11.5. The summed E-state index contributed by atoms with van der Waals surface area (Å²) in [7, 11) is 0. The Morgan fingerprint density at radius 1 is 1.37 bits per heavy atom. The smallest absolute Gasteiger partial charge is 0.335 e. The molecule has 1 unspecified atom stereocenters. The van der Waals surface area contributed by atoms with E-state index in [-0.39, 0.29) is 17.5 Å². The molecule has 1 amide bonds. The summed E-state index contributed by atoms with van der Waals surface area (Å²) in [6.07, 6.45) is 1.56. The van der Waals surface area contributed by atoms with Crippen LogP contribution >= 0.6 is 0 Å². The summed E-state index contributed by atoms with van der Waals surface area (Å²) >= 11 is 0. The molecule has 0 aromatic heterocycles. The Bertz CT molecular complexity index is 446. The number of rotatable bonds is 7. The molecule has 1 aromatic carbocycles. The van der Waals surface area contributed by atoms with Gasteiger partial charge >= 0.3 is 5.97 Å². The van der Waals surface area contributed by atoms with Gasteiger partial charge in [-0.05, 0) is 24.5 Å². The number of amides is 1. The summed E-state index contributed by atoms with van der Waals surface area (Å²) in [5.74, 6) is -1.04. The van der Waals surface area contributed by atoms with Crippen LogP contribution in [0.5, 0.6) is 0 Å². The van der Waals surface area contributed by atoms with Crippen molar-refractivity contribution in [3.8, 4) is 0 Å². The van der Waals surface area contributed by atoms with Gasteiger partial charge in [-0.3, -0.25) is 4.79 Å². The second-order valence-electron chi connectivity index (χ2n) is 4.43. The maximum Gasteiger partial charge on any atom is 0.335 e. The number of aromatic carboxylic acids is 1. The molecule has 0 spiro atoms. The molecule has 1 atom stereocenters. The lowest BCUT2D eigenvalue weighted by Crippen LogP contribution is -2.32. The fourth-order valence-electron chi connectivity index (χ4n) is 1.74. The quantitative estimate of drug-likeness (QED) is 0.689. The first-order valence-corrected chi connectivity index (χ1v) is 6.38. The first-order valence-electron chi connectivity index (χ1n) is 6.38. The zero-order chi connectivity index (χ0) is 14.3. The molecule has 0 aliphatic carbocycles. The normalized spacial score (nSPS) is 11.9. The fraction of sp³-hybridized carbons (Fsp3) is 0.429. The van der Waals surface area contributed by atoms with E-state index in [0.29, 0.717) is 19.4 Å². The summed E-state index contributed by atoms with van der Waals surface area (Å²) < 4.78 is 0. The van der Waals surface area contributed by atoms with Gasteiger partial charge in [0.2, 0.25) is 5.91 Å². The van der Waals surface area contributed by atoms with Crippen molar-refractivity contribution < 1.29 is 14.7 Å². The van der Waals surface area contributed by atoms with Crippen molar-refractivity contribution in [3.63, 3.8) is 0 Å². The molecule has 0 heterocycles. The Morgan fingerprint density at radius 2 is 2.05 bits per heavy atom. The molecule has 5 heteroatoms. The largest absolute Gasteiger partial charge is 0.478 e. The van der Waals surface area contributed by atoms with Gasteiger partial charge in [-0.1, -0.05) is 25.1 Å². The summed E-state index contributed by atoms with van der Waals surface area (Å²) in [6, 6.07) is 6.67. The molecule has 4 N–H and O–H groups in total. The van der Waals surface area contributed by atoms with Crippen molar-refractivity contribution in [2.75, 3.05) is 6.54 Å². The van der Waals surface area contributed by atoms with Gasteiger partial charge in [0.25, 0.3) is 0 Å². The zero-order valence-corrected chi connectivity index (χ0v) is 11.1. The lowest BCUT2D eigenvalue weighted by molar-refractivity contribution is -0.121. The highest BCUT2D eigenvalue weighted by Gasteiger charge is 2.10. The molecule has 0 aliphatic rings. The van der Waals surface area contributed by atoms with Crippen LogP contribution in [-0.4, -0.2) is 29.6 Å². The minimum absolute atomic E-state index is 0.0952. The number of hydrogen-bond donors (Lipinski definition) is 3. The second-order valence-corrected chi connectivity index (χ2v) is 4.43. The monoisotopic (exact) mass is 264 g/mol. The van der Waals surface area contributed by atoms with Crippen molar-refractivity contribution in [1.82, 2.24) is 5.32 Å². The van der Waals surface area contributed by atoms with Gasteiger partial charge in [0.05, 0.1) is 5.56 Å². The van der Waals surface area contributed by atoms with Gasteiger partial charge in [-0.2, -0.15) is 0 Å². The summed E-state index contributed by atoms with van der Waals surface area (Å²) in [4.78, 5) is 22.5. The molecule has 0 saturated carbocycles. The van der Waals surface area contributed by atoms with Crippen molar-refractivity contribution in [2.24, 2.45) is 5.73 Å². The SMILES string of the molecule is CCC(N)CC(=O)NCCc1ccccc1C(=O)O. The van der Waals surface area contributed by atoms with Crippen LogP contribution in [0.1, 0.15) is 35.7 Å². The Labute approximate surface area is 112 Å². The van der Waals surface area contributed by atoms with E-state index in [4.69, 9.17) is 10.8 Å². The molecular formula is C14H20N2O3. The maximum absolute atomic E-state index is 11.5. The van der Waals surface area contributed by atoms with Crippen molar-refractivity contribution in [1.29, 1.82) is 0 Å². The predicted octanol–water partition coefficient (Wildman–Crippen LogP) is 1.17. The number of nitrogens with one attached hydrogen (secondary N) is 1. The van der Waals surface area contributed by atoms with E-state index in [0.717, 1.165) is 12.0 Å². The molecule has 1 aromatic rings. The summed E-state index contributed by atoms with van der Waals surface area (Å²) in [5, 5.41) is 11.8. The highest BCUT2D eigenvalue weighted by molar-refractivity contribution is 5.89. The molecule has 0 saturated heterocycles. The van der Waals surface area contributed by atoms with Crippen molar-refractivity contribution in [2.45, 2.75) is 32.2 Å². The van der Waals surface area contributed by atoms with Gasteiger partial charge in [-0.15, -0.1) is 0 Å². The molecule has 5 nitrogen and oxygen atoms in total. The minimum Gasteiger partial charge on any atom is -0.478 e. The Kier molecular flexibility index (Phi) is 6.02. The Balaban J connectivity index is 2.45. The summed E-state index contributed by atoms with van der Waals surface area (Å²) in [6.45, 7) is 2.35. The van der Waals surface area contributed by atoms with Gasteiger partial charge < -0.3 is 16.2 Å². The van der Waals surface area contributed by atoms with Crippen LogP contribution in [0.2, 0.25) is 0 Å². The first-order chi connectivity index (χ1) is 9.04. The Hall–Kier alpha value is -1.88. The van der Waals surface area contributed by atoms with E-state index >= 15 is 0 Å². The van der Waals surface area contributed by atoms with E-state index < -0.39 is 5.97 Å². The van der Waals surface area contributed by atoms with Gasteiger partial charge in [0.15, 0.2) is 0 Å². The van der Waals surface area contributed by atoms with Crippen LogP contribution in [0.3, 0.4) is 0 Å². The van der Waals surface area contributed by atoms with Crippen molar-refractivity contribution in [3.05, 3.63) is 35.4 Å². The first kappa shape index (κ1) is 15.2. The number of benzene rings is 1. The number of carbonyl (C=O) groups excluding carboxylic acids is 1. The standard InChI is InChI=1S/C14H20N2O3/c1-2-11(15)9-13(17)16-8-7-10-5-3-4-6-12(10)14(18)19/h3-6,11H,2,7-9,15H2,1H3,(H,16,17)(H,18,19). The third-order valence-electron chi connectivity index (χ3n) is 2.94. The van der Waals surface area contributed by atoms with E-state index in [9.17, 15) is 9.59 Å². The third-order valence-corrected chi connectivity index (χ3v) is 2.94. The predicted molar refractivity (Wildman–Crippen MR) is 73.0 cm³/mol.